The number of primary amides is 1. The van der Waals surface area contributed by atoms with Crippen LogP contribution >= 0.6 is 0 Å². The van der Waals surface area contributed by atoms with Gasteiger partial charge in [-0.25, -0.2) is 4.79 Å². The molecule has 6 nitrogen and oxygen atoms in total. The molecule has 0 unspecified atom stereocenters. The molecule has 1 aliphatic heterocycles. The van der Waals surface area contributed by atoms with E-state index in [0.29, 0.717) is 30.2 Å². The van der Waals surface area contributed by atoms with Gasteiger partial charge in [0.25, 0.3) is 0 Å². The van der Waals surface area contributed by atoms with Crippen molar-refractivity contribution in [3.8, 4) is 0 Å². The zero-order valence-corrected chi connectivity index (χ0v) is 11.6. The molecule has 1 aromatic heterocycles. The fourth-order valence-corrected chi connectivity index (χ4v) is 2.69. The zero-order chi connectivity index (χ0) is 14.7. The van der Waals surface area contributed by atoms with Crippen molar-refractivity contribution in [2.75, 3.05) is 13.1 Å². The van der Waals surface area contributed by atoms with E-state index in [2.05, 4.69) is 4.90 Å². The second kappa shape index (κ2) is 6.09. The van der Waals surface area contributed by atoms with Crippen molar-refractivity contribution in [3.05, 3.63) is 23.2 Å². The van der Waals surface area contributed by atoms with E-state index in [0.717, 1.165) is 25.9 Å². The molecule has 1 aliphatic rings. The van der Waals surface area contributed by atoms with Gasteiger partial charge in [-0.3, -0.25) is 9.69 Å². The standard InChI is InChI=1S/C14H20N2O4/c1-9-6-11(20-13(9)14(18)19)8-16-4-2-10(3-5-16)7-12(15)17/h6,10H,2-5,7-8H2,1H3,(H2,15,17)(H,18,19). The van der Waals surface area contributed by atoms with Gasteiger partial charge in [0.05, 0.1) is 6.54 Å². The Morgan fingerprint density at radius 3 is 2.60 bits per heavy atom. The third-order valence-corrected chi connectivity index (χ3v) is 3.74. The Hall–Kier alpha value is -1.82. The largest absolute Gasteiger partial charge is 0.475 e. The van der Waals surface area contributed by atoms with Crippen LogP contribution in [0.25, 0.3) is 0 Å². The van der Waals surface area contributed by atoms with Gasteiger partial charge in [0, 0.05) is 12.0 Å². The van der Waals surface area contributed by atoms with Crippen LogP contribution in [0.3, 0.4) is 0 Å². The fraction of sp³-hybridized carbons (Fsp3) is 0.571. The Morgan fingerprint density at radius 1 is 1.45 bits per heavy atom. The Morgan fingerprint density at radius 2 is 2.10 bits per heavy atom. The molecule has 20 heavy (non-hydrogen) atoms. The maximum absolute atomic E-state index is 10.9. The summed E-state index contributed by atoms with van der Waals surface area (Å²) in [6, 6.07) is 1.78. The first-order valence-corrected chi connectivity index (χ1v) is 6.79. The lowest BCUT2D eigenvalue weighted by Gasteiger charge is -2.30. The lowest BCUT2D eigenvalue weighted by Crippen LogP contribution is -2.34. The number of likely N-dealkylation sites (tertiary alicyclic amines) is 1. The van der Waals surface area contributed by atoms with E-state index in [1.807, 2.05) is 0 Å². The van der Waals surface area contributed by atoms with E-state index in [1.54, 1.807) is 13.0 Å². The Bertz CT molecular complexity index is 501. The number of hydrogen-bond acceptors (Lipinski definition) is 4. The normalized spacial score (nSPS) is 17.2. The first-order chi connectivity index (χ1) is 9.45. The number of furan rings is 1. The van der Waals surface area contributed by atoms with Crippen LogP contribution < -0.4 is 5.73 Å². The van der Waals surface area contributed by atoms with Gasteiger partial charge in [0.1, 0.15) is 5.76 Å². The lowest BCUT2D eigenvalue weighted by atomic mass is 9.93. The SMILES string of the molecule is Cc1cc(CN2CCC(CC(N)=O)CC2)oc1C(=O)O. The summed E-state index contributed by atoms with van der Waals surface area (Å²) in [5, 5.41) is 8.95. The summed E-state index contributed by atoms with van der Waals surface area (Å²) in [5.74, 6) is -0.210. The topological polar surface area (TPSA) is 96.8 Å². The third-order valence-electron chi connectivity index (χ3n) is 3.74. The Labute approximate surface area is 117 Å². The molecule has 2 rings (SSSR count). The van der Waals surface area contributed by atoms with Gasteiger partial charge in [-0.15, -0.1) is 0 Å². The van der Waals surface area contributed by atoms with E-state index < -0.39 is 5.97 Å². The number of piperidine rings is 1. The van der Waals surface area contributed by atoms with E-state index >= 15 is 0 Å². The smallest absolute Gasteiger partial charge is 0.372 e. The lowest BCUT2D eigenvalue weighted by molar-refractivity contribution is -0.119. The highest BCUT2D eigenvalue weighted by Crippen LogP contribution is 2.23. The molecular formula is C14H20N2O4. The summed E-state index contributed by atoms with van der Waals surface area (Å²) in [7, 11) is 0. The molecule has 6 heteroatoms. The number of rotatable bonds is 5. The van der Waals surface area contributed by atoms with Crippen LogP contribution in [-0.2, 0) is 11.3 Å². The van der Waals surface area contributed by atoms with Crippen molar-refractivity contribution < 1.29 is 19.1 Å². The minimum Gasteiger partial charge on any atom is -0.475 e. The van der Waals surface area contributed by atoms with Gasteiger partial charge in [0.2, 0.25) is 11.7 Å². The molecule has 1 saturated heterocycles. The number of carbonyl (C=O) groups is 2. The van der Waals surface area contributed by atoms with Gasteiger partial charge < -0.3 is 15.3 Å². The molecule has 3 N–H and O–H groups in total. The van der Waals surface area contributed by atoms with E-state index in [1.165, 1.54) is 0 Å². The van der Waals surface area contributed by atoms with Crippen molar-refractivity contribution in [1.29, 1.82) is 0 Å². The second-order valence-corrected chi connectivity index (χ2v) is 5.42. The van der Waals surface area contributed by atoms with Crippen molar-refractivity contribution >= 4 is 11.9 Å². The van der Waals surface area contributed by atoms with Crippen LogP contribution in [0.5, 0.6) is 0 Å². The van der Waals surface area contributed by atoms with E-state index in [9.17, 15) is 9.59 Å². The highest BCUT2D eigenvalue weighted by atomic mass is 16.4. The summed E-state index contributed by atoms with van der Waals surface area (Å²) in [6.45, 7) is 4.09. The summed E-state index contributed by atoms with van der Waals surface area (Å²) >= 11 is 0. The van der Waals surface area contributed by atoms with Crippen LogP contribution in [0, 0.1) is 12.8 Å². The number of carboxylic acids is 1. The number of carboxylic acid groups (broad SMARTS) is 1. The minimum atomic E-state index is -1.03. The minimum absolute atomic E-state index is 0.0172. The number of nitrogens with zero attached hydrogens (tertiary/aromatic N) is 1. The van der Waals surface area contributed by atoms with Crippen molar-refractivity contribution in [2.24, 2.45) is 11.7 Å². The van der Waals surface area contributed by atoms with Crippen LogP contribution in [0.15, 0.2) is 10.5 Å². The number of nitrogens with two attached hydrogens (primary N) is 1. The summed E-state index contributed by atoms with van der Waals surface area (Å²) < 4.78 is 5.35. The second-order valence-electron chi connectivity index (χ2n) is 5.42. The highest BCUT2D eigenvalue weighted by Gasteiger charge is 2.22. The van der Waals surface area contributed by atoms with E-state index in [4.69, 9.17) is 15.3 Å². The molecule has 1 aromatic rings. The maximum Gasteiger partial charge on any atom is 0.372 e. The van der Waals surface area contributed by atoms with Crippen LogP contribution in [0.1, 0.15) is 41.1 Å². The monoisotopic (exact) mass is 280 g/mol. The molecule has 0 radical (unpaired) electrons. The molecule has 2 heterocycles. The van der Waals surface area contributed by atoms with Crippen LogP contribution in [-0.4, -0.2) is 35.0 Å². The number of carbonyl (C=O) groups excluding carboxylic acids is 1. The first-order valence-electron chi connectivity index (χ1n) is 6.79. The predicted molar refractivity (Wildman–Crippen MR) is 72.2 cm³/mol. The Balaban J connectivity index is 1.88. The molecule has 0 bridgehead atoms. The highest BCUT2D eigenvalue weighted by molar-refractivity contribution is 5.86. The molecule has 1 amide bonds. The van der Waals surface area contributed by atoms with Gasteiger partial charge in [-0.05, 0) is 44.8 Å². The number of amides is 1. The van der Waals surface area contributed by atoms with Crippen LogP contribution in [0.4, 0.5) is 0 Å². The number of aromatic carboxylic acids is 1. The van der Waals surface area contributed by atoms with Crippen molar-refractivity contribution in [2.45, 2.75) is 32.7 Å². The summed E-state index contributed by atoms with van der Waals surface area (Å²) in [5.41, 5.74) is 5.86. The number of aryl methyl sites for hydroxylation is 1. The average molecular weight is 280 g/mol. The summed E-state index contributed by atoms with van der Waals surface area (Å²) in [6.07, 6.45) is 2.33. The summed E-state index contributed by atoms with van der Waals surface area (Å²) in [4.78, 5) is 24.0. The quantitative estimate of drug-likeness (QED) is 0.849. The molecule has 1 fully saturated rings. The van der Waals surface area contributed by atoms with Crippen molar-refractivity contribution in [1.82, 2.24) is 4.90 Å². The van der Waals surface area contributed by atoms with Gasteiger partial charge in [-0.1, -0.05) is 0 Å². The van der Waals surface area contributed by atoms with Gasteiger partial charge in [0.15, 0.2) is 0 Å². The maximum atomic E-state index is 10.9. The molecule has 0 atom stereocenters. The van der Waals surface area contributed by atoms with Gasteiger partial charge in [-0.2, -0.15) is 0 Å². The van der Waals surface area contributed by atoms with Crippen molar-refractivity contribution in [3.63, 3.8) is 0 Å². The molecule has 0 saturated carbocycles. The number of hydrogen-bond donors (Lipinski definition) is 2. The molecule has 0 aliphatic carbocycles. The zero-order valence-electron chi connectivity index (χ0n) is 11.6. The van der Waals surface area contributed by atoms with Gasteiger partial charge >= 0.3 is 5.97 Å². The molecule has 0 aromatic carbocycles. The fourth-order valence-electron chi connectivity index (χ4n) is 2.69. The Kier molecular flexibility index (Phi) is 4.44. The average Bonchev–Trinajstić information content (AvgIpc) is 2.72. The third kappa shape index (κ3) is 3.60. The van der Waals surface area contributed by atoms with Crippen LogP contribution in [0.2, 0.25) is 0 Å². The molecule has 0 spiro atoms. The molecule has 110 valence electrons. The van der Waals surface area contributed by atoms with E-state index in [-0.39, 0.29) is 11.7 Å². The predicted octanol–water partition coefficient (Wildman–Crippen LogP) is 1.37. The first kappa shape index (κ1) is 14.6. The molecular weight excluding hydrogens is 260 g/mol.